The second-order valence-electron chi connectivity index (χ2n) is 5.62. The zero-order valence-corrected chi connectivity index (χ0v) is 10.9. The molecule has 2 saturated heterocycles. The highest BCUT2D eigenvalue weighted by Gasteiger charge is 2.19. The molecule has 0 aromatic rings. The molecule has 3 heteroatoms. The predicted molar refractivity (Wildman–Crippen MR) is 69.0 cm³/mol. The number of rotatable bonds is 5. The molecule has 0 bridgehead atoms. The second-order valence-corrected chi connectivity index (χ2v) is 5.62. The van der Waals surface area contributed by atoms with Gasteiger partial charge in [0, 0.05) is 25.9 Å². The van der Waals surface area contributed by atoms with E-state index in [0.29, 0.717) is 12.1 Å². The van der Waals surface area contributed by atoms with Gasteiger partial charge in [0.1, 0.15) is 0 Å². The average molecular weight is 241 g/mol. The lowest BCUT2D eigenvalue weighted by molar-refractivity contribution is 0.00814. The molecular formula is C14H27NO2. The minimum Gasteiger partial charge on any atom is -0.381 e. The van der Waals surface area contributed by atoms with Gasteiger partial charge in [0.15, 0.2) is 0 Å². The van der Waals surface area contributed by atoms with Gasteiger partial charge in [-0.2, -0.15) is 0 Å². The Labute approximate surface area is 105 Å². The van der Waals surface area contributed by atoms with Crippen LogP contribution in [0.4, 0.5) is 0 Å². The van der Waals surface area contributed by atoms with Crippen molar-refractivity contribution in [2.24, 2.45) is 11.7 Å². The van der Waals surface area contributed by atoms with Crippen LogP contribution in [0.1, 0.15) is 51.4 Å². The lowest BCUT2D eigenvalue weighted by Gasteiger charge is -2.27. The van der Waals surface area contributed by atoms with Gasteiger partial charge >= 0.3 is 0 Å². The third-order valence-corrected chi connectivity index (χ3v) is 4.11. The Kier molecular flexibility index (Phi) is 5.75. The quantitative estimate of drug-likeness (QED) is 0.804. The lowest BCUT2D eigenvalue weighted by atomic mass is 9.90. The van der Waals surface area contributed by atoms with Crippen LogP contribution in [0, 0.1) is 5.92 Å². The summed E-state index contributed by atoms with van der Waals surface area (Å²) in [7, 11) is 0. The topological polar surface area (TPSA) is 44.5 Å². The number of hydrogen-bond acceptors (Lipinski definition) is 3. The van der Waals surface area contributed by atoms with Gasteiger partial charge in [-0.1, -0.05) is 0 Å². The van der Waals surface area contributed by atoms with Gasteiger partial charge in [0.05, 0.1) is 6.10 Å². The van der Waals surface area contributed by atoms with Crippen molar-refractivity contribution in [3.8, 4) is 0 Å². The van der Waals surface area contributed by atoms with E-state index in [1.807, 2.05) is 0 Å². The molecule has 100 valence electrons. The highest BCUT2D eigenvalue weighted by molar-refractivity contribution is 4.73. The first-order chi connectivity index (χ1) is 8.34. The molecule has 2 unspecified atom stereocenters. The highest BCUT2D eigenvalue weighted by atomic mass is 16.5. The van der Waals surface area contributed by atoms with Gasteiger partial charge in [-0.15, -0.1) is 0 Å². The van der Waals surface area contributed by atoms with Gasteiger partial charge in [-0.05, 0) is 57.3 Å². The summed E-state index contributed by atoms with van der Waals surface area (Å²) < 4.78 is 11.1. The Balaban J connectivity index is 1.57. The van der Waals surface area contributed by atoms with Crippen LogP contribution in [0.25, 0.3) is 0 Å². The van der Waals surface area contributed by atoms with Crippen LogP contribution in [0.3, 0.4) is 0 Å². The van der Waals surface area contributed by atoms with Crippen LogP contribution in [0.5, 0.6) is 0 Å². The molecular weight excluding hydrogens is 214 g/mol. The molecule has 2 fully saturated rings. The molecule has 17 heavy (non-hydrogen) atoms. The standard InChI is InChI=1S/C14H27NO2/c15-13(11-12-6-9-16-10-7-12)4-5-14-3-1-2-8-17-14/h12-14H,1-11,15H2. The fourth-order valence-electron chi connectivity index (χ4n) is 2.96. The molecule has 2 atom stereocenters. The van der Waals surface area contributed by atoms with Crippen molar-refractivity contribution in [3.05, 3.63) is 0 Å². The molecule has 0 spiro atoms. The van der Waals surface area contributed by atoms with Gasteiger partial charge in [0.2, 0.25) is 0 Å². The SMILES string of the molecule is NC(CCC1CCCCO1)CC1CCOCC1. The minimum atomic E-state index is 0.364. The molecule has 2 heterocycles. The first-order valence-corrected chi connectivity index (χ1v) is 7.29. The molecule has 3 nitrogen and oxygen atoms in total. The van der Waals surface area contributed by atoms with Crippen molar-refractivity contribution in [2.75, 3.05) is 19.8 Å². The molecule has 0 aromatic heterocycles. The van der Waals surface area contributed by atoms with Crippen LogP contribution >= 0.6 is 0 Å². The first-order valence-electron chi connectivity index (χ1n) is 7.29. The summed E-state index contributed by atoms with van der Waals surface area (Å²) in [5, 5.41) is 0. The number of ether oxygens (including phenoxy) is 2. The molecule has 2 N–H and O–H groups in total. The minimum absolute atomic E-state index is 0.364. The first kappa shape index (κ1) is 13.3. The Bertz CT molecular complexity index is 198. The van der Waals surface area contributed by atoms with Crippen LogP contribution in [0.15, 0.2) is 0 Å². The second kappa shape index (κ2) is 7.34. The van der Waals surface area contributed by atoms with E-state index in [9.17, 15) is 0 Å². The molecule has 2 aliphatic rings. The van der Waals surface area contributed by atoms with E-state index in [-0.39, 0.29) is 0 Å². The maximum Gasteiger partial charge on any atom is 0.0575 e. The van der Waals surface area contributed by atoms with Crippen LogP contribution in [-0.2, 0) is 9.47 Å². The van der Waals surface area contributed by atoms with E-state index in [1.165, 1.54) is 38.5 Å². The number of hydrogen-bond donors (Lipinski definition) is 1. The highest BCUT2D eigenvalue weighted by Crippen LogP contribution is 2.23. The third kappa shape index (κ3) is 4.94. The van der Waals surface area contributed by atoms with E-state index in [2.05, 4.69) is 0 Å². The Morgan fingerprint density at radius 2 is 1.88 bits per heavy atom. The summed E-state index contributed by atoms with van der Waals surface area (Å²) >= 11 is 0. The summed E-state index contributed by atoms with van der Waals surface area (Å²) in [6.07, 6.45) is 10.2. The molecule has 0 aliphatic carbocycles. The Morgan fingerprint density at radius 1 is 1.06 bits per heavy atom. The summed E-state index contributed by atoms with van der Waals surface area (Å²) in [4.78, 5) is 0. The van der Waals surface area contributed by atoms with Crippen molar-refractivity contribution in [3.63, 3.8) is 0 Å². The van der Waals surface area contributed by atoms with Crippen LogP contribution < -0.4 is 5.73 Å². The van der Waals surface area contributed by atoms with Crippen molar-refractivity contribution in [1.29, 1.82) is 0 Å². The van der Waals surface area contributed by atoms with Gasteiger partial charge in [0.25, 0.3) is 0 Å². The average Bonchev–Trinajstić information content (AvgIpc) is 2.39. The van der Waals surface area contributed by atoms with E-state index in [0.717, 1.165) is 38.6 Å². The molecule has 2 aliphatic heterocycles. The van der Waals surface area contributed by atoms with Crippen LogP contribution in [0.2, 0.25) is 0 Å². The molecule has 0 aromatic carbocycles. The van der Waals surface area contributed by atoms with Crippen molar-refractivity contribution < 1.29 is 9.47 Å². The molecule has 2 rings (SSSR count). The summed E-state index contributed by atoms with van der Waals surface area (Å²) in [5.74, 6) is 0.797. The van der Waals surface area contributed by atoms with Crippen LogP contribution in [-0.4, -0.2) is 32.0 Å². The largest absolute Gasteiger partial charge is 0.381 e. The van der Waals surface area contributed by atoms with Gasteiger partial charge in [-0.25, -0.2) is 0 Å². The zero-order chi connectivity index (χ0) is 11.9. The van der Waals surface area contributed by atoms with E-state index in [4.69, 9.17) is 15.2 Å². The van der Waals surface area contributed by atoms with Crippen molar-refractivity contribution in [1.82, 2.24) is 0 Å². The fraction of sp³-hybridized carbons (Fsp3) is 1.00. The maximum absolute atomic E-state index is 6.23. The number of nitrogens with two attached hydrogens (primary N) is 1. The predicted octanol–water partition coefficient (Wildman–Crippen LogP) is 2.48. The maximum atomic E-state index is 6.23. The van der Waals surface area contributed by atoms with E-state index >= 15 is 0 Å². The third-order valence-electron chi connectivity index (χ3n) is 4.11. The molecule has 0 amide bonds. The Hall–Kier alpha value is -0.120. The fourth-order valence-corrected chi connectivity index (χ4v) is 2.96. The molecule has 0 saturated carbocycles. The monoisotopic (exact) mass is 241 g/mol. The summed E-state index contributed by atoms with van der Waals surface area (Å²) in [6, 6.07) is 0.364. The summed E-state index contributed by atoms with van der Waals surface area (Å²) in [5.41, 5.74) is 6.23. The van der Waals surface area contributed by atoms with Gasteiger partial charge < -0.3 is 15.2 Å². The Morgan fingerprint density at radius 3 is 2.59 bits per heavy atom. The summed E-state index contributed by atoms with van der Waals surface area (Å²) in [6.45, 7) is 2.83. The van der Waals surface area contributed by atoms with E-state index < -0.39 is 0 Å². The zero-order valence-electron chi connectivity index (χ0n) is 10.9. The van der Waals surface area contributed by atoms with Crippen molar-refractivity contribution >= 4 is 0 Å². The normalized spacial score (nSPS) is 29.1. The molecule has 0 radical (unpaired) electrons. The lowest BCUT2D eigenvalue weighted by Crippen LogP contribution is -2.29. The van der Waals surface area contributed by atoms with Gasteiger partial charge in [-0.3, -0.25) is 0 Å². The smallest absolute Gasteiger partial charge is 0.0575 e. The van der Waals surface area contributed by atoms with E-state index in [1.54, 1.807) is 0 Å². The van der Waals surface area contributed by atoms with Crippen molar-refractivity contribution in [2.45, 2.75) is 63.5 Å².